The average Bonchev–Trinajstić information content (AvgIpc) is 2.32. The minimum absolute atomic E-state index is 0.0493. The molecule has 1 N–H and O–H groups in total. The summed E-state index contributed by atoms with van der Waals surface area (Å²) >= 11 is 0. The van der Waals surface area contributed by atoms with Crippen LogP contribution in [0, 0.1) is 11.3 Å². The van der Waals surface area contributed by atoms with Crippen LogP contribution in [0.15, 0.2) is 24.3 Å². The molecule has 0 spiro atoms. The molecule has 18 heavy (non-hydrogen) atoms. The predicted octanol–water partition coefficient (Wildman–Crippen LogP) is 2.17. The van der Waals surface area contributed by atoms with Gasteiger partial charge < -0.3 is 4.74 Å². The molecule has 4 nitrogen and oxygen atoms in total. The largest absolute Gasteiger partial charge is 0.479 e. The molecule has 0 fully saturated rings. The van der Waals surface area contributed by atoms with Crippen molar-refractivity contribution in [1.82, 2.24) is 5.48 Å². The van der Waals surface area contributed by atoms with E-state index in [9.17, 15) is 13.2 Å². The standard InChI is InChI=1S/C11H11F3N2O2/c12-11(13,14)8-18-16-7-9-1-3-10(4-2-9)17-6-5-15/h1-4,16H,6-8H2. The van der Waals surface area contributed by atoms with Crippen molar-refractivity contribution in [2.24, 2.45) is 0 Å². The number of ether oxygens (including phenoxy) is 1. The Labute approximate surface area is 102 Å². The van der Waals surface area contributed by atoms with Gasteiger partial charge in [-0.15, -0.1) is 0 Å². The molecule has 0 aromatic heterocycles. The first-order valence-corrected chi connectivity index (χ1v) is 5.01. The van der Waals surface area contributed by atoms with E-state index in [1.807, 2.05) is 6.07 Å². The van der Waals surface area contributed by atoms with Crippen molar-refractivity contribution < 1.29 is 22.7 Å². The second kappa shape index (κ2) is 6.83. The number of halogens is 3. The Balaban J connectivity index is 2.29. The van der Waals surface area contributed by atoms with Crippen LogP contribution in [-0.4, -0.2) is 19.4 Å². The lowest BCUT2D eigenvalue weighted by Crippen LogP contribution is -2.24. The Hall–Kier alpha value is -1.78. The fourth-order valence-corrected chi connectivity index (χ4v) is 1.09. The van der Waals surface area contributed by atoms with Crippen molar-refractivity contribution >= 4 is 0 Å². The van der Waals surface area contributed by atoms with Crippen molar-refractivity contribution in [3.8, 4) is 11.8 Å². The summed E-state index contributed by atoms with van der Waals surface area (Å²) in [5.74, 6) is 0.525. The van der Waals surface area contributed by atoms with Gasteiger partial charge in [0.15, 0.2) is 13.2 Å². The van der Waals surface area contributed by atoms with Gasteiger partial charge in [-0.2, -0.15) is 23.9 Å². The quantitative estimate of drug-likeness (QED) is 0.629. The molecule has 1 rings (SSSR count). The van der Waals surface area contributed by atoms with E-state index >= 15 is 0 Å². The molecule has 1 aromatic rings. The summed E-state index contributed by atoms with van der Waals surface area (Å²) in [6.45, 7) is -1.24. The van der Waals surface area contributed by atoms with Crippen LogP contribution in [0.3, 0.4) is 0 Å². The Morgan fingerprint density at radius 2 is 1.89 bits per heavy atom. The number of nitrogens with zero attached hydrogens (tertiary/aromatic N) is 1. The van der Waals surface area contributed by atoms with Crippen LogP contribution in [0.1, 0.15) is 5.56 Å². The lowest BCUT2D eigenvalue weighted by molar-refractivity contribution is -0.190. The van der Waals surface area contributed by atoms with Crippen LogP contribution in [-0.2, 0) is 11.4 Å². The minimum Gasteiger partial charge on any atom is -0.479 e. The summed E-state index contributed by atoms with van der Waals surface area (Å²) in [6.07, 6.45) is -4.35. The van der Waals surface area contributed by atoms with Gasteiger partial charge in [0.1, 0.15) is 11.8 Å². The molecule has 0 radical (unpaired) electrons. The number of nitrogens with one attached hydrogen (secondary N) is 1. The second-order valence-corrected chi connectivity index (χ2v) is 3.32. The number of alkyl halides is 3. The van der Waals surface area contributed by atoms with Gasteiger partial charge in [0, 0.05) is 6.54 Å². The molecule has 0 saturated heterocycles. The fraction of sp³-hybridized carbons (Fsp3) is 0.364. The first-order valence-electron chi connectivity index (χ1n) is 5.01. The summed E-state index contributed by atoms with van der Waals surface area (Å²) in [5, 5.41) is 8.30. The van der Waals surface area contributed by atoms with Gasteiger partial charge in [-0.1, -0.05) is 12.1 Å². The second-order valence-electron chi connectivity index (χ2n) is 3.32. The Morgan fingerprint density at radius 3 is 2.44 bits per heavy atom. The van der Waals surface area contributed by atoms with Crippen molar-refractivity contribution in [2.75, 3.05) is 13.2 Å². The number of nitriles is 1. The van der Waals surface area contributed by atoms with Crippen LogP contribution < -0.4 is 10.2 Å². The molecule has 0 saturated carbocycles. The van der Waals surface area contributed by atoms with Gasteiger partial charge in [-0.3, -0.25) is 4.84 Å². The number of hydroxylamine groups is 1. The third-order valence-corrected chi connectivity index (χ3v) is 1.84. The molecule has 0 aliphatic rings. The maximum atomic E-state index is 11.7. The van der Waals surface area contributed by atoms with Crippen LogP contribution in [0.5, 0.6) is 5.75 Å². The highest BCUT2D eigenvalue weighted by atomic mass is 19.4. The lowest BCUT2D eigenvalue weighted by atomic mass is 10.2. The molecule has 98 valence electrons. The summed E-state index contributed by atoms with van der Waals surface area (Å²) in [5.41, 5.74) is 2.95. The third-order valence-electron chi connectivity index (χ3n) is 1.84. The van der Waals surface area contributed by atoms with Crippen LogP contribution in [0.2, 0.25) is 0 Å². The highest BCUT2D eigenvalue weighted by Gasteiger charge is 2.27. The molecule has 0 atom stereocenters. The smallest absolute Gasteiger partial charge is 0.413 e. The summed E-state index contributed by atoms with van der Waals surface area (Å²) in [4.78, 5) is 4.25. The predicted molar refractivity (Wildman–Crippen MR) is 56.4 cm³/mol. The highest BCUT2D eigenvalue weighted by Crippen LogP contribution is 2.14. The zero-order valence-electron chi connectivity index (χ0n) is 9.33. The third kappa shape index (κ3) is 6.08. The zero-order chi connectivity index (χ0) is 13.4. The average molecular weight is 260 g/mol. The topological polar surface area (TPSA) is 54.3 Å². The monoisotopic (exact) mass is 260 g/mol. The Kier molecular flexibility index (Phi) is 5.42. The molecule has 7 heteroatoms. The fourth-order valence-electron chi connectivity index (χ4n) is 1.09. The van der Waals surface area contributed by atoms with E-state index in [0.717, 1.165) is 5.56 Å². The van der Waals surface area contributed by atoms with Crippen molar-refractivity contribution in [3.63, 3.8) is 0 Å². The minimum atomic E-state index is -4.35. The van der Waals surface area contributed by atoms with E-state index in [0.29, 0.717) is 5.75 Å². The molecule has 0 amide bonds. The normalized spacial score (nSPS) is 11.0. The van der Waals surface area contributed by atoms with E-state index < -0.39 is 12.8 Å². The van der Waals surface area contributed by atoms with E-state index in [1.54, 1.807) is 24.3 Å². The van der Waals surface area contributed by atoms with E-state index in [1.165, 1.54) is 0 Å². The molecule has 0 aliphatic heterocycles. The molecule has 0 aliphatic carbocycles. The lowest BCUT2D eigenvalue weighted by Gasteiger charge is -2.08. The van der Waals surface area contributed by atoms with E-state index in [4.69, 9.17) is 10.00 Å². The van der Waals surface area contributed by atoms with Gasteiger partial charge in [0.25, 0.3) is 0 Å². The molecular weight excluding hydrogens is 249 g/mol. The summed E-state index contributed by atoms with van der Waals surface area (Å²) < 4.78 is 40.3. The molecular formula is C11H11F3N2O2. The SMILES string of the molecule is N#CCOc1ccc(CNOCC(F)(F)F)cc1. The maximum Gasteiger partial charge on any atom is 0.413 e. The maximum absolute atomic E-state index is 11.7. The number of rotatable bonds is 6. The molecule has 0 bridgehead atoms. The van der Waals surface area contributed by atoms with Gasteiger partial charge in [-0.25, -0.2) is 0 Å². The molecule has 1 aromatic carbocycles. The molecule has 0 unspecified atom stereocenters. The number of hydrogen-bond donors (Lipinski definition) is 1. The first-order chi connectivity index (χ1) is 8.51. The van der Waals surface area contributed by atoms with Crippen LogP contribution in [0.4, 0.5) is 13.2 Å². The van der Waals surface area contributed by atoms with Gasteiger partial charge in [0.05, 0.1) is 0 Å². The Bertz CT molecular complexity index is 398. The van der Waals surface area contributed by atoms with Crippen molar-refractivity contribution in [3.05, 3.63) is 29.8 Å². The van der Waals surface area contributed by atoms with Gasteiger partial charge in [0.2, 0.25) is 0 Å². The number of benzene rings is 1. The summed E-state index contributed by atoms with van der Waals surface area (Å²) in [7, 11) is 0. The molecule has 0 heterocycles. The van der Waals surface area contributed by atoms with Crippen molar-refractivity contribution in [2.45, 2.75) is 12.7 Å². The number of hydrogen-bond acceptors (Lipinski definition) is 4. The van der Waals surface area contributed by atoms with Gasteiger partial charge in [-0.05, 0) is 17.7 Å². The zero-order valence-corrected chi connectivity index (χ0v) is 9.33. The Morgan fingerprint density at radius 1 is 1.22 bits per heavy atom. The van der Waals surface area contributed by atoms with Crippen molar-refractivity contribution in [1.29, 1.82) is 5.26 Å². The van der Waals surface area contributed by atoms with Crippen LogP contribution in [0.25, 0.3) is 0 Å². The highest BCUT2D eigenvalue weighted by molar-refractivity contribution is 5.27. The van der Waals surface area contributed by atoms with E-state index in [2.05, 4.69) is 10.3 Å². The van der Waals surface area contributed by atoms with Gasteiger partial charge >= 0.3 is 6.18 Å². The van der Waals surface area contributed by atoms with E-state index in [-0.39, 0.29) is 13.2 Å². The first kappa shape index (κ1) is 14.3. The summed E-state index contributed by atoms with van der Waals surface area (Å²) in [6, 6.07) is 8.40. The van der Waals surface area contributed by atoms with Crippen LogP contribution >= 0.6 is 0 Å².